The van der Waals surface area contributed by atoms with E-state index < -0.39 is 0 Å². The summed E-state index contributed by atoms with van der Waals surface area (Å²) in [7, 11) is 0. The first-order valence-electron chi connectivity index (χ1n) is 5.73. The van der Waals surface area contributed by atoms with Crippen LogP contribution in [-0.4, -0.2) is 24.3 Å². The number of hydrogen-bond acceptors (Lipinski definition) is 2. The summed E-state index contributed by atoms with van der Waals surface area (Å²) in [5.74, 6) is 0.557. The molecule has 2 N–H and O–H groups in total. The van der Waals surface area contributed by atoms with Crippen molar-refractivity contribution in [3.05, 3.63) is 0 Å². The van der Waals surface area contributed by atoms with E-state index in [-0.39, 0.29) is 6.10 Å². The number of rotatable bonds is 4. The fraction of sp³-hybridized carbons (Fsp3) is 1.00. The molecule has 1 atom stereocenters. The Hall–Kier alpha value is -0.0800. The van der Waals surface area contributed by atoms with Gasteiger partial charge >= 0.3 is 0 Å². The van der Waals surface area contributed by atoms with Crippen LogP contribution in [0, 0.1) is 5.92 Å². The maximum Gasteiger partial charge on any atom is 0.0692 e. The average molecular weight is 185 g/mol. The zero-order valence-electron chi connectivity index (χ0n) is 8.76. The van der Waals surface area contributed by atoms with Crippen molar-refractivity contribution in [2.24, 2.45) is 5.92 Å². The Morgan fingerprint density at radius 2 is 1.85 bits per heavy atom. The lowest BCUT2D eigenvalue weighted by atomic mass is 9.94. The second kappa shape index (κ2) is 6.39. The van der Waals surface area contributed by atoms with Gasteiger partial charge in [-0.05, 0) is 25.3 Å². The van der Waals surface area contributed by atoms with Gasteiger partial charge in [-0.2, -0.15) is 0 Å². The summed E-state index contributed by atoms with van der Waals surface area (Å²) in [5.41, 5.74) is 0. The highest BCUT2D eigenvalue weighted by Gasteiger charge is 2.19. The van der Waals surface area contributed by atoms with Crippen LogP contribution >= 0.6 is 0 Å². The van der Waals surface area contributed by atoms with Gasteiger partial charge in [0.05, 0.1) is 6.10 Å². The Kier molecular flexibility index (Phi) is 5.40. The predicted octanol–water partition coefficient (Wildman–Crippen LogP) is 1.93. The highest BCUT2D eigenvalue weighted by atomic mass is 16.3. The van der Waals surface area contributed by atoms with Gasteiger partial charge < -0.3 is 10.4 Å². The lowest BCUT2D eigenvalue weighted by Crippen LogP contribution is -2.32. The first kappa shape index (κ1) is 11.0. The van der Waals surface area contributed by atoms with Crippen LogP contribution in [0.2, 0.25) is 0 Å². The molecular weight excluding hydrogens is 162 g/mol. The molecule has 0 heterocycles. The second-order valence-corrected chi connectivity index (χ2v) is 4.13. The zero-order chi connectivity index (χ0) is 9.52. The molecule has 1 aliphatic carbocycles. The van der Waals surface area contributed by atoms with Crippen molar-refractivity contribution in [3.63, 3.8) is 0 Å². The van der Waals surface area contributed by atoms with Gasteiger partial charge in [0.25, 0.3) is 0 Å². The normalized spacial score (nSPS) is 22.6. The highest BCUT2D eigenvalue weighted by molar-refractivity contribution is 4.73. The highest BCUT2D eigenvalue weighted by Crippen LogP contribution is 2.25. The molecule has 0 aromatic rings. The van der Waals surface area contributed by atoms with E-state index in [0.29, 0.717) is 5.92 Å². The molecule has 0 spiro atoms. The van der Waals surface area contributed by atoms with Crippen LogP contribution < -0.4 is 5.32 Å². The minimum atomic E-state index is -0.113. The molecule has 78 valence electrons. The summed E-state index contributed by atoms with van der Waals surface area (Å²) in [5, 5.41) is 13.1. The molecule has 0 aliphatic heterocycles. The van der Waals surface area contributed by atoms with Gasteiger partial charge in [0.2, 0.25) is 0 Å². The summed E-state index contributed by atoms with van der Waals surface area (Å²) >= 11 is 0. The van der Waals surface area contributed by atoms with Gasteiger partial charge in [-0.25, -0.2) is 0 Å². The molecule has 2 nitrogen and oxygen atoms in total. The van der Waals surface area contributed by atoms with Crippen molar-refractivity contribution in [3.8, 4) is 0 Å². The van der Waals surface area contributed by atoms with Crippen molar-refractivity contribution in [2.45, 2.75) is 51.6 Å². The monoisotopic (exact) mass is 185 g/mol. The van der Waals surface area contributed by atoms with Gasteiger partial charge in [-0.1, -0.05) is 32.6 Å². The van der Waals surface area contributed by atoms with Crippen molar-refractivity contribution in [1.82, 2.24) is 5.32 Å². The molecule has 1 fully saturated rings. The Labute approximate surface area is 81.7 Å². The number of nitrogens with one attached hydrogen (secondary N) is 1. The average Bonchev–Trinajstić information content (AvgIpc) is 2.42. The van der Waals surface area contributed by atoms with Crippen LogP contribution in [0.5, 0.6) is 0 Å². The Morgan fingerprint density at radius 3 is 2.38 bits per heavy atom. The molecule has 0 radical (unpaired) electrons. The number of aliphatic hydroxyl groups is 1. The quantitative estimate of drug-likeness (QED) is 0.656. The van der Waals surface area contributed by atoms with Crippen LogP contribution in [0.4, 0.5) is 0 Å². The van der Waals surface area contributed by atoms with Crippen LogP contribution in [0.3, 0.4) is 0 Å². The molecule has 0 amide bonds. The molecule has 1 rings (SSSR count). The lowest BCUT2D eigenvalue weighted by molar-refractivity contribution is 0.0979. The largest absolute Gasteiger partial charge is 0.392 e. The molecule has 13 heavy (non-hydrogen) atoms. The SMILES string of the molecule is CCNCC(O)C1CCCCCC1. The molecule has 1 saturated carbocycles. The standard InChI is InChI=1S/C11H23NO/c1-2-12-9-11(13)10-7-5-3-4-6-8-10/h10-13H,2-9H2,1H3. The van der Waals surface area contributed by atoms with E-state index in [1.807, 2.05) is 0 Å². The van der Waals surface area contributed by atoms with Crippen LogP contribution in [0.1, 0.15) is 45.4 Å². The second-order valence-electron chi connectivity index (χ2n) is 4.13. The van der Waals surface area contributed by atoms with Crippen LogP contribution in [0.25, 0.3) is 0 Å². The van der Waals surface area contributed by atoms with E-state index in [1.165, 1.54) is 38.5 Å². The van der Waals surface area contributed by atoms with Gasteiger partial charge in [-0.15, -0.1) is 0 Å². The topological polar surface area (TPSA) is 32.3 Å². The van der Waals surface area contributed by atoms with Crippen molar-refractivity contribution in [2.75, 3.05) is 13.1 Å². The molecule has 2 heteroatoms. The van der Waals surface area contributed by atoms with Gasteiger partial charge in [0, 0.05) is 6.54 Å². The van der Waals surface area contributed by atoms with E-state index in [1.54, 1.807) is 0 Å². The maximum atomic E-state index is 9.87. The molecule has 0 aromatic heterocycles. The van der Waals surface area contributed by atoms with E-state index >= 15 is 0 Å². The van der Waals surface area contributed by atoms with Crippen molar-refractivity contribution in [1.29, 1.82) is 0 Å². The van der Waals surface area contributed by atoms with Crippen molar-refractivity contribution >= 4 is 0 Å². The summed E-state index contributed by atoms with van der Waals surface area (Å²) in [6.07, 6.45) is 7.70. The molecule has 0 bridgehead atoms. The lowest BCUT2D eigenvalue weighted by Gasteiger charge is -2.21. The Bertz CT molecular complexity index is 119. The van der Waals surface area contributed by atoms with Crippen molar-refractivity contribution < 1.29 is 5.11 Å². The molecule has 1 unspecified atom stereocenters. The molecule has 0 aromatic carbocycles. The predicted molar refractivity (Wildman–Crippen MR) is 55.7 cm³/mol. The zero-order valence-corrected chi connectivity index (χ0v) is 8.76. The fourth-order valence-electron chi connectivity index (χ4n) is 2.15. The van der Waals surface area contributed by atoms with Crippen LogP contribution in [0.15, 0.2) is 0 Å². The smallest absolute Gasteiger partial charge is 0.0692 e. The van der Waals surface area contributed by atoms with Gasteiger partial charge in [0.15, 0.2) is 0 Å². The first-order valence-corrected chi connectivity index (χ1v) is 5.73. The van der Waals surface area contributed by atoms with E-state index in [0.717, 1.165) is 13.1 Å². The summed E-state index contributed by atoms with van der Waals surface area (Å²) in [4.78, 5) is 0. The summed E-state index contributed by atoms with van der Waals surface area (Å²) in [6.45, 7) is 3.82. The summed E-state index contributed by atoms with van der Waals surface area (Å²) < 4.78 is 0. The minimum absolute atomic E-state index is 0.113. The third-order valence-electron chi connectivity index (χ3n) is 3.05. The van der Waals surface area contributed by atoms with Crippen LogP contribution in [-0.2, 0) is 0 Å². The number of hydrogen-bond donors (Lipinski definition) is 2. The van der Waals surface area contributed by atoms with Gasteiger partial charge in [0.1, 0.15) is 0 Å². The van der Waals surface area contributed by atoms with E-state index in [9.17, 15) is 5.11 Å². The Morgan fingerprint density at radius 1 is 1.23 bits per heavy atom. The maximum absolute atomic E-state index is 9.87. The fourth-order valence-corrected chi connectivity index (χ4v) is 2.15. The molecule has 0 saturated heterocycles. The van der Waals surface area contributed by atoms with E-state index in [2.05, 4.69) is 12.2 Å². The number of aliphatic hydroxyl groups excluding tert-OH is 1. The summed E-state index contributed by atoms with van der Waals surface area (Å²) in [6, 6.07) is 0. The number of likely N-dealkylation sites (N-methyl/N-ethyl adjacent to an activating group) is 1. The first-order chi connectivity index (χ1) is 6.34. The van der Waals surface area contributed by atoms with Gasteiger partial charge in [-0.3, -0.25) is 0 Å². The molecular formula is C11H23NO. The third-order valence-corrected chi connectivity index (χ3v) is 3.05. The Balaban J connectivity index is 2.22. The molecule has 1 aliphatic rings. The van der Waals surface area contributed by atoms with E-state index in [4.69, 9.17) is 0 Å². The third kappa shape index (κ3) is 4.10. The minimum Gasteiger partial charge on any atom is -0.392 e.